The Morgan fingerprint density at radius 1 is 0.973 bits per heavy atom. The maximum Gasteiger partial charge on any atom is 0.275 e. The van der Waals surface area contributed by atoms with Gasteiger partial charge in [0.15, 0.2) is 11.5 Å². The van der Waals surface area contributed by atoms with Crippen LogP contribution in [0.2, 0.25) is 0 Å². The largest absolute Gasteiger partial charge is 0.493 e. The van der Waals surface area contributed by atoms with Gasteiger partial charge in [-0.25, -0.2) is 9.97 Å². The number of ether oxygens (including phenoxy) is 3. The molecule has 3 aromatic heterocycles. The Hall–Kier alpha value is -4.42. The summed E-state index contributed by atoms with van der Waals surface area (Å²) in [4.78, 5) is 25.7. The number of aromatic nitrogens is 3. The summed E-state index contributed by atoms with van der Waals surface area (Å²) in [6.45, 7) is 0. The van der Waals surface area contributed by atoms with Gasteiger partial charge in [0.25, 0.3) is 5.91 Å². The number of hydrogen-bond acceptors (Lipinski definition) is 11. The van der Waals surface area contributed by atoms with E-state index in [1.807, 2.05) is 29.6 Å². The minimum atomic E-state index is -0.267. The second-order valence-corrected chi connectivity index (χ2v) is 9.31. The maximum atomic E-state index is 12.4. The Morgan fingerprint density at radius 3 is 2.43 bits per heavy atom. The number of thiazole rings is 1. The number of hydrogen-bond donors (Lipinski definition) is 3. The average molecular weight is 535 g/mol. The van der Waals surface area contributed by atoms with Gasteiger partial charge in [0, 0.05) is 39.8 Å². The van der Waals surface area contributed by atoms with Crippen LogP contribution in [0.25, 0.3) is 21.3 Å². The SMILES string of the molecule is COc1cc(Nc2nc(N)c3scc(-c4cccc(NC(=O)c5cscn5)c4)c3n2)cc(OC)c1OC. The van der Waals surface area contributed by atoms with Crippen molar-refractivity contribution in [2.45, 2.75) is 0 Å². The zero-order chi connectivity index (χ0) is 25.9. The Labute approximate surface area is 220 Å². The highest BCUT2D eigenvalue weighted by Crippen LogP contribution is 2.41. The van der Waals surface area contributed by atoms with E-state index in [1.54, 1.807) is 44.4 Å². The van der Waals surface area contributed by atoms with Gasteiger partial charge in [-0.2, -0.15) is 4.98 Å². The molecule has 4 N–H and O–H groups in total. The molecule has 10 nitrogen and oxygen atoms in total. The van der Waals surface area contributed by atoms with Gasteiger partial charge in [-0.1, -0.05) is 12.1 Å². The van der Waals surface area contributed by atoms with Crippen molar-refractivity contribution in [2.24, 2.45) is 0 Å². The van der Waals surface area contributed by atoms with Crippen LogP contribution in [0.3, 0.4) is 0 Å². The Balaban J connectivity index is 1.49. The zero-order valence-electron chi connectivity index (χ0n) is 20.1. The molecule has 0 spiro atoms. The van der Waals surface area contributed by atoms with E-state index in [4.69, 9.17) is 24.9 Å². The van der Waals surface area contributed by atoms with Crippen molar-refractivity contribution in [3.8, 4) is 28.4 Å². The van der Waals surface area contributed by atoms with Crippen LogP contribution in [0.4, 0.5) is 23.1 Å². The summed E-state index contributed by atoms with van der Waals surface area (Å²) >= 11 is 2.82. The van der Waals surface area contributed by atoms with E-state index in [9.17, 15) is 4.79 Å². The topological polar surface area (TPSA) is 134 Å². The average Bonchev–Trinajstić information content (AvgIpc) is 3.59. The van der Waals surface area contributed by atoms with E-state index in [0.717, 1.165) is 15.8 Å². The molecule has 5 rings (SSSR count). The number of fused-ring (bicyclic) bond motifs is 1. The molecular formula is C25H22N6O4S2. The number of carbonyl (C=O) groups is 1. The molecule has 37 heavy (non-hydrogen) atoms. The fourth-order valence-corrected chi connectivity index (χ4v) is 5.22. The molecule has 0 bridgehead atoms. The van der Waals surface area contributed by atoms with Crippen molar-refractivity contribution in [3.05, 3.63) is 58.4 Å². The molecule has 0 aliphatic heterocycles. The molecular weight excluding hydrogens is 512 g/mol. The summed E-state index contributed by atoms with van der Waals surface area (Å²) in [5.74, 6) is 1.86. The van der Waals surface area contributed by atoms with Crippen molar-refractivity contribution >= 4 is 61.9 Å². The zero-order valence-corrected chi connectivity index (χ0v) is 21.7. The van der Waals surface area contributed by atoms with Crippen LogP contribution in [0, 0.1) is 0 Å². The summed E-state index contributed by atoms with van der Waals surface area (Å²) in [7, 11) is 4.64. The molecule has 0 aliphatic rings. The molecule has 0 fully saturated rings. The van der Waals surface area contributed by atoms with Crippen molar-refractivity contribution in [2.75, 3.05) is 37.7 Å². The summed E-state index contributed by atoms with van der Waals surface area (Å²) in [5, 5.41) is 9.74. The number of nitrogens with one attached hydrogen (secondary N) is 2. The first-order chi connectivity index (χ1) is 18.0. The van der Waals surface area contributed by atoms with Crippen molar-refractivity contribution in [1.29, 1.82) is 0 Å². The summed E-state index contributed by atoms with van der Waals surface area (Å²) < 4.78 is 17.0. The Kier molecular flexibility index (Phi) is 6.75. The molecule has 12 heteroatoms. The Bertz CT molecular complexity index is 1560. The lowest BCUT2D eigenvalue weighted by Gasteiger charge is -2.15. The molecule has 0 radical (unpaired) electrons. The highest BCUT2D eigenvalue weighted by molar-refractivity contribution is 7.18. The van der Waals surface area contributed by atoms with Crippen molar-refractivity contribution in [1.82, 2.24) is 15.0 Å². The van der Waals surface area contributed by atoms with E-state index in [0.29, 0.717) is 51.6 Å². The van der Waals surface area contributed by atoms with E-state index in [-0.39, 0.29) is 5.91 Å². The molecule has 2 aromatic carbocycles. The number of methoxy groups -OCH3 is 3. The van der Waals surface area contributed by atoms with E-state index in [1.165, 1.54) is 22.7 Å². The van der Waals surface area contributed by atoms with Crippen LogP contribution in [-0.2, 0) is 0 Å². The van der Waals surface area contributed by atoms with Crippen LogP contribution in [0.5, 0.6) is 17.2 Å². The van der Waals surface area contributed by atoms with Crippen LogP contribution in [0.15, 0.2) is 52.7 Å². The first kappa shape index (κ1) is 24.3. The van der Waals surface area contributed by atoms with E-state index < -0.39 is 0 Å². The fraction of sp³-hybridized carbons (Fsp3) is 0.120. The molecule has 3 heterocycles. The molecule has 0 saturated heterocycles. The first-order valence-electron chi connectivity index (χ1n) is 10.9. The van der Waals surface area contributed by atoms with Crippen LogP contribution < -0.4 is 30.6 Å². The lowest BCUT2D eigenvalue weighted by molar-refractivity contribution is 0.102. The highest BCUT2D eigenvalue weighted by atomic mass is 32.1. The third-order valence-electron chi connectivity index (χ3n) is 5.46. The number of rotatable bonds is 8. The maximum absolute atomic E-state index is 12.4. The number of thiophene rings is 1. The molecule has 1 amide bonds. The number of carbonyl (C=O) groups excluding carboxylic acids is 1. The second-order valence-electron chi connectivity index (χ2n) is 7.71. The molecule has 0 aliphatic carbocycles. The molecule has 5 aromatic rings. The van der Waals surface area contributed by atoms with E-state index >= 15 is 0 Å². The molecule has 188 valence electrons. The minimum Gasteiger partial charge on any atom is -0.493 e. The standard InChI is InChI=1S/C25H22N6O4S2/c1-33-18-8-15(9-19(34-2)21(18)35-3)29-25-30-20-16(10-37-22(20)23(26)31-25)13-5-4-6-14(7-13)28-24(32)17-11-36-12-27-17/h4-12H,1-3H3,(H,28,32)(H3,26,29,30,31). The van der Waals surface area contributed by atoms with Gasteiger partial charge < -0.3 is 30.6 Å². The molecule has 0 atom stereocenters. The van der Waals surface area contributed by atoms with Gasteiger partial charge in [0.1, 0.15) is 11.5 Å². The van der Waals surface area contributed by atoms with Crippen molar-refractivity contribution < 1.29 is 19.0 Å². The lowest BCUT2D eigenvalue weighted by Crippen LogP contribution is -2.12. The fourth-order valence-electron chi connectivity index (χ4n) is 3.77. The van der Waals surface area contributed by atoms with E-state index in [2.05, 4.69) is 20.6 Å². The van der Waals surface area contributed by atoms with Gasteiger partial charge in [0.2, 0.25) is 11.7 Å². The number of anilines is 4. The number of nitrogens with two attached hydrogens (primary N) is 1. The second kappa shape index (κ2) is 10.3. The van der Waals surface area contributed by atoms with Gasteiger partial charge in [0.05, 0.1) is 37.1 Å². The first-order valence-corrected chi connectivity index (χ1v) is 12.7. The number of benzene rings is 2. The molecule has 0 unspecified atom stereocenters. The quantitative estimate of drug-likeness (QED) is 0.239. The molecule has 0 saturated carbocycles. The van der Waals surface area contributed by atoms with Gasteiger partial charge in [-0.05, 0) is 17.7 Å². The summed E-state index contributed by atoms with van der Waals surface area (Å²) in [5.41, 5.74) is 12.0. The predicted molar refractivity (Wildman–Crippen MR) is 147 cm³/mol. The van der Waals surface area contributed by atoms with Crippen molar-refractivity contribution in [3.63, 3.8) is 0 Å². The third-order valence-corrected chi connectivity index (χ3v) is 7.04. The van der Waals surface area contributed by atoms with Crippen LogP contribution >= 0.6 is 22.7 Å². The normalized spacial score (nSPS) is 10.8. The number of nitrogen functional groups attached to an aromatic ring is 1. The smallest absolute Gasteiger partial charge is 0.275 e. The van der Waals surface area contributed by atoms with Crippen LogP contribution in [-0.4, -0.2) is 42.2 Å². The summed E-state index contributed by atoms with van der Waals surface area (Å²) in [6.07, 6.45) is 0. The monoisotopic (exact) mass is 534 g/mol. The van der Waals surface area contributed by atoms with Crippen LogP contribution in [0.1, 0.15) is 10.5 Å². The van der Waals surface area contributed by atoms with Gasteiger partial charge in [-0.3, -0.25) is 4.79 Å². The third kappa shape index (κ3) is 4.84. The highest BCUT2D eigenvalue weighted by Gasteiger charge is 2.17. The van der Waals surface area contributed by atoms with Gasteiger partial charge >= 0.3 is 0 Å². The Morgan fingerprint density at radius 2 is 1.76 bits per heavy atom. The number of nitrogens with zero attached hydrogens (tertiary/aromatic N) is 3. The predicted octanol–water partition coefficient (Wildman–Crippen LogP) is 5.42. The minimum absolute atomic E-state index is 0.267. The number of amides is 1. The summed E-state index contributed by atoms with van der Waals surface area (Å²) in [6, 6.07) is 11.0. The lowest BCUT2D eigenvalue weighted by atomic mass is 10.1. The van der Waals surface area contributed by atoms with Gasteiger partial charge in [-0.15, -0.1) is 22.7 Å².